The highest BCUT2D eigenvalue weighted by Crippen LogP contribution is 2.21. The first-order chi connectivity index (χ1) is 10.6. The number of anilines is 2. The maximum atomic E-state index is 12.1. The van der Waals surface area contributed by atoms with Gasteiger partial charge in [-0.15, -0.1) is 0 Å². The summed E-state index contributed by atoms with van der Waals surface area (Å²) in [4.78, 5) is 15.9. The molecule has 0 saturated carbocycles. The molecule has 1 heterocycles. The minimum absolute atomic E-state index is 0.125. The summed E-state index contributed by atoms with van der Waals surface area (Å²) < 4.78 is 0. The number of halogens is 2. The van der Waals surface area contributed by atoms with Crippen LogP contribution >= 0.6 is 23.2 Å². The first-order valence-electron chi connectivity index (χ1n) is 6.15. The second-order valence-electron chi connectivity index (χ2n) is 4.09. The molecule has 0 bridgehead atoms. The van der Waals surface area contributed by atoms with Crippen molar-refractivity contribution in [2.24, 2.45) is 0 Å². The zero-order valence-corrected chi connectivity index (χ0v) is 12.7. The van der Waals surface area contributed by atoms with Crippen molar-refractivity contribution < 1.29 is 4.79 Å². The molecule has 0 fully saturated rings. The molecule has 5 nitrogen and oxygen atoms in total. The molecule has 1 amide bonds. The maximum Gasteiger partial charge on any atom is 0.267 e. The highest BCUT2D eigenvalue weighted by Gasteiger charge is 2.11. The second-order valence-corrected chi connectivity index (χ2v) is 4.86. The van der Waals surface area contributed by atoms with Gasteiger partial charge in [-0.2, -0.15) is 5.26 Å². The molecule has 110 valence electrons. The molecule has 1 aromatic heterocycles. The van der Waals surface area contributed by atoms with E-state index < -0.39 is 5.91 Å². The van der Waals surface area contributed by atoms with E-state index in [0.717, 1.165) is 0 Å². The number of nitrogens with zero attached hydrogens (tertiary/aromatic N) is 2. The highest BCUT2D eigenvalue weighted by atomic mass is 35.5. The second kappa shape index (κ2) is 7.46. The number of hydrogen-bond acceptors (Lipinski definition) is 4. The molecule has 1 aromatic carbocycles. The monoisotopic (exact) mass is 332 g/mol. The fourth-order valence-electron chi connectivity index (χ4n) is 1.54. The van der Waals surface area contributed by atoms with Crippen molar-refractivity contribution >= 4 is 40.5 Å². The highest BCUT2D eigenvalue weighted by molar-refractivity contribution is 6.34. The zero-order valence-electron chi connectivity index (χ0n) is 11.2. The number of amides is 1. The summed E-state index contributed by atoms with van der Waals surface area (Å²) in [5.74, 6) is -0.580. The van der Waals surface area contributed by atoms with Gasteiger partial charge in [-0.3, -0.25) is 4.79 Å². The SMILES string of the molecule is N#C/C(=C/Nc1cccnc1Cl)C(=O)Nc1ccccc1Cl. The van der Waals surface area contributed by atoms with Crippen LogP contribution in [0.4, 0.5) is 11.4 Å². The van der Waals surface area contributed by atoms with Gasteiger partial charge in [0.25, 0.3) is 5.91 Å². The Labute approximate surface area is 137 Å². The lowest BCUT2D eigenvalue weighted by Crippen LogP contribution is -2.14. The molecule has 0 saturated heterocycles. The Kier molecular flexibility index (Phi) is 5.37. The first kappa shape index (κ1) is 15.8. The van der Waals surface area contributed by atoms with E-state index in [9.17, 15) is 4.79 Å². The van der Waals surface area contributed by atoms with Crippen molar-refractivity contribution in [3.05, 3.63) is 64.5 Å². The van der Waals surface area contributed by atoms with Crippen LogP contribution in [-0.4, -0.2) is 10.9 Å². The third kappa shape index (κ3) is 3.98. The molecule has 2 aromatic rings. The lowest BCUT2D eigenvalue weighted by atomic mass is 10.2. The fraction of sp³-hybridized carbons (Fsp3) is 0. The molecule has 0 radical (unpaired) electrons. The molecule has 0 atom stereocenters. The summed E-state index contributed by atoms with van der Waals surface area (Å²) >= 11 is 11.8. The van der Waals surface area contributed by atoms with Crippen LogP contribution in [0.15, 0.2) is 54.4 Å². The number of para-hydroxylation sites is 1. The topological polar surface area (TPSA) is 77.8 Å². The minimum Gasteiger partial charge on any atom is -0.358 e. The number of aromatic nitrogens is 1. The summed E-state index contributed by atoms with van der Waals surface area (Å²) in [5.41, 5.74) is 0.789. The number of pyridine rings is 1. The average Bonchev–Trinajstić information content (AvgIpc) is 2.52. The Morgan fingerprint density at radius 3 is 2.59 bits per heavy atom. The van der Waals surface area contributed by atoms with E-state index in [1.54, 1.807) is 36.4 Å². The minimum atomic E-state index is -0.580. The Morgan fingerprint density at radius 2 is 1.91 bits per heavy atom. The summed E-state index contributed by atoms with van der Waals surface area (Å²) in [6.07, 6.45) is 2.79. The van der Waals surface area contributed by atoms with Crippen LogP contribution in [0.5, 0.6) is 0 Å². The summed E-state index contributed by atoms with van der Waals surface area (Å²) in [6.45, 7) is 0. The summed E-state index contributed by atoms with van der Waals surface area (Å²) in [6, 6.07) is 11.9. The van der Waals surface area contributed by atoms with E-state index in [4.69, 9.17) is 28.5 Å². The van der Waals surface area contributed by atoms with Crippen LogP contribution in [0.25, 0.3) is 0 Å². The lowest BCUT2D eigenvalue weighted by molar-refractivity contribution is -0.112. The Hall–Kier alpha value is -2.55. The molecule has 2 rings (SSSR count). The van der Waals surface area contributed by atoms with Gasteiger partial charge in [0.2, 0.25) is 0 Å². The van der Waals surface area contributed by atoms with Crippen LogP contribution in [0, 0.1) is 11.3 Å². The molecular formula is C15H10Cl2N4O. The molecule has 2 N–H and O–H groups in total. The van der Waals surface area contributed by atoms with Crippen LogP contribution in [0.2, 0.25) is 10.2 Å². The molecule has 7 heteroatoms. The van der Waals surface area contributed by atoms with Crippen LogP contribution in [0.1, 0.15) is 0 Å². The van der Waals surface area contributed by atoms with E-state index in [2.05, 4.69) is 15.6 Å². The van der Waals surface area contributed by atoms with E-state index in [1.807, 2.05) is 6.07 Å². The van der Waals surface area contributed by atoms with Crippen molar-refractivity contribution in [1.29, 1.82) is 5.26 Å². The van der Waals surface area contributed by atoms with Crippen molar-refractivity contribution in [3.8, 4) is 6.07 Å². The van der Waals surface area contributed by atoms with Crippen LogP contribution in [0.3, 0.4) is 0 Å². The largest absolute Gasteiger partial charge is 0.358 e. The van der Waals surface area contributed by atoms with Crippen molar-refractivity contribution in [2.45, 2.75) is 0 Å². The molecule has 22 heavy (non-hydrogen) atoms. The van der Waals surface area contributed by atoms with Crippen molar-refractivity contribution in [1.82, 2.24) is 4.98 Å². The predicted molar refractivity (Wildman–Crippen MR) is 86.6 cm³/mol. The fourth-order valence-corrected chi connectivity index (χ4v) is 1.90. The zero-order chi connectivity index (χ0) is 15.9. The van der Waals surface area contributed by atoms with Gasteiger partial charge < -0.3 is 10.6 Å². The van der Waals surface area contributed by atoms with Crippen molar-refractivity contribution in [3.63, 3.8) is 0 Å². The Morgan fingerprint density at radius 1 is 1.18 bits per heavy atom. The smallest absolute Gasteiger partial charge is 0.267 e. The Balaban J connectivity index is 2.13. The quantitative estimate of drug-likeness (QED) is 0.506. The number of rotatable bonds is 4. The first-order valence-corrected chi connectivity index (χ1v) is 6.90. The van der Waals surface area contributed by atoms with Crippen LogP contribution in [-0.2, 0) is 4.79 Å². The number of benzene rings is 1. The van der Waals surface area contributed by atoms with Gasteiger partial charge in [0, 0.05) is 12.4 Å². The third-order valence-corrected chi connectivity index (χ3v) is 3.25. The third-order valence-electron chi connectivity index (χ3n) is 2.62. The number of carbonyl (C=O) groups excluding carboxylic acids is 1. The van der Waals surface area contributed by atoms with Gasteiger partial charge in [0.15, 0.2) is 5.15 Å². The number of nitriles is 1. The molecular weight excluding hydrogens is 323 g/mol. The molecule has 0 aliphatic carbocycles. The number of carbonyl (C=O) groups is 1. The van der Waals surface area contributed by atoms with E-state index in [-0.39, 0.29) is 10.7 Å². The average molecular weight is 333 g/mol. The molecule has 0 spiro atoms. The molecule has 0 aliphatic heterocycles. The van der Waals surface area contributed by atoms with E-state index in [1.165, 1.54) is 12.4 Å². The van der Waals surface area contributed by atoms with Gasteiger partial charge in [0.05, 0.1) is 16.4 Å². The van der Waals surface area contributed by atoms with Gasteiger partial charge >= 0.3 is 0 Å². The Bertz CT molecular complexity index is 768. The van der Waals surface area contributed by atoms with Gasteiger partial charge in [0.1, 0.15) is 11.6 Å². The molecule has 0 unspecified atom stereocenters. The van der Waals surface area contributed by atoms with Gasteiger partial charge in [-0.1, -0.05) is 35.3 Å². The summed E-state index contributed by atoms with van der Waals surface area (Å²) in [5, 5.41) is 15.0. The lowest BCUT2D eigenvalue weighted by Gasteiger charge is -2.07. The maximum absolute atomic E-state index is 12.1. The normalized spacial score (nSPS) is 10.7. The number of hydrogen-bond donors (Lipinski definition) is 2. The van der Waals surface area contributed by atoms with E-state index in [0.29, 0.717) is 16.4 Å². The number of nitrogens with one attached hydrogen (secondary N) is 2. The summed E-state index contributed by atoms with van der Waals surface area (Å²) in [7, 11) is 0. The van der Waals surface area contributed by atoms with Crippen molar-refractivity contribution in [2.75, 3.05) is 10.6 Å². The molecule has 0 aliphatic rings. The predicted octanol–water partition coefficient (Wildman–Crippen LogP) is 3.85. The van der Waals surface area contributed by atoms with Gasteiger partial charge in [-0.05, 0) is 24.3 Å². The van der Waals surface area contributed by atoms with Gasteiger partial charge in [-0.25, -0.2) is 4.98 Å². The standard InChI is InChI=1S/C15H10Cl2N4O/c16-11-4-1-2-5-12(11)21-15(22)10(8-18)9-20-13-6-3-7-19-14(13)17/h1-7,9,20H,(H,21,22)/b10-9-. The van der Waals surface area contributed by atoms with Crippen LogP contribution < -0.4 is 10.6 Å². The van der Waals surface area contributed by atoms with E-state index >= 15 is 0 Å².